The third-order valence-corrected chi connectivity index (χ3v) is 6.59. The van der Waals surface area contributed by atoms with E-state index in [1.807, 2.05) is 27.7 Å². The maximum Gasteiger partial charge on any atom is 0.302 e. The molecule has 5 N–H and O–H groups in total. The van der Waals surface area contributed by atoms with Crippen molar-refractivity contribution in [3.05, 3.63) is 35.9 Å². The molecule has 1 aromatic carbocycles. The Labute approximate surface area is 270 Å². The molecule has 0 radical (unpaired) electrons. The monoisotopic (exact) mass is 651 g/mol. The molecular weight excluding hydrogens is 602 g/mol. The molecule has 3 rings (SSSR count). The number of unbranched alkanes of at least 4 members (excludes halogenated alkanes) is 2. The van der Waals surface area contributed by atoms with E-state index >= 15 is 0 Å². The average molecular weight is 652 g/mol. The number of nitrogens with one attached hydrogen (secondary N) is 2. The van der Waals surface area contributed by atoms with Crippen molar-refractivity contribution in [3.8, 4) is 5.75 Å². The van der Waals surface area contributed by atoms with Crippen molar-refractivity contribution in [2.75, 3.05) is 25.0 Å². The van der Waals surface area contributed by atoms with Gasteiger partial charge in [0.05, 0.1) is 18.4 Å². The fraction of sp³-hybridized carbons (Fsp3) is 0.594. The normalized spacial score (nSPS) is 20.1. The van der Waals surface area contributed by atoms with Crippen LogP contribution in [0.4, 0.5) is 5.69 Å². The van der Waals surface area contributed by atoms with E-state index < -0.39 is 43.1 Å². The van der Waals surface area contributed by atoms with Crippen LogP contribution in [0.1, 0.15) is 78.7 Å². The highest BCUT2D eigenvalue weighted by Gasteiger charge is 2.37. The quantitative estimate of drug-likeness (QED) is 0.105. The van der Waals surface area contributed by atoms with E-state index in [-0.39, 0.29) is 61.6 Å². The van der Waals surface area contributed by atoms with Crippen LogP contribution in [0, 0.1) is 0 Å². The van der Waals surface area contributed by atoms with E-state index in [9.17, 15) is 39.3 Å². The Balaban J connectivity index is 0.00000254. The summed E-state index contributed by atoms with van der Waals surface area (Å²) in [5.41, 5.74) is 0.787. The summed E-state index contributed by atoms with van der Waals surface area (Å²) in [5, 5.41) is 34.8. The summed E-state index contributed by atoms with van der Waals surface area (Å²) in [6, 6.07) is 4.69. The van der Waals surface area contributed by atoms with Crippen molar-refractivity contribution in [2.45, 2.75) is 104 Å². The molecular formula is C32H49N3O11. The van der Waals surface area contributed by atoms with Crippen LogP contribution in [0.2, 0.25) is 0 Å². The lowest BCUT2D eigenvalue weighted by molar-refractivity contribution is -0.229. The van der Waals surface area contributed by atoms with Gasteiger partial charge in [0.2, 0.25) is 18.1 Å². The van der Waals surface area contributed by atoms with Crippen molar-refractivity contribution >= 4 is 35.3 Å². The van der Waals surface area contributed by atoms with Crippen molar-refractivity contribution in [1.29, 1.82) is 0 Å². The molecule has 0 saturated carbocycles. The van der Waals surface area contributed by atoms with Gasteiger partial charge in [-0.25, -0.2) is 0 Å². The predicted octanol–water partition coefficient (Wildman–Crippen LogP) is 1.94. The van der Waals surface area contributed by atoms with E-state index in [0.29, 0.717) is 31.4 Å². The molecule has 4 unspecified atom stereocenters. The molecule has 14 nitrogen and oxygen atoms in total. The minimum absolute atomic E-state index is 0.0481. The lowest BCUT2D eigenvalue weighted by atomic mass is 10.0. The number of aliphatic hydroxyl groups is 3. The number of esters is 1. The van der Waals surface area contributed by atoms with Gasteiger partial charge in [-0.3, -0.25) is 28.9 Å². The molecule has 14 heteroatoms. The summed E-state index contributed by atoms with van der Waals surface area (Å²) in [6.07, 6.45) is -0.203. The van der Waals surface area contributed by atoms with Crippen molar-refractivity contribution in [2.24, 2.45) is 0 Å². The molecule has 0 spiro atoms. The molecule has 1 aromatic rings. The highest BCUT2D eigenvalue weighted by molar-refractivity contribution is 6.12. The fourth-order valence-electron chi connectivity index (χ4n) is 4.34. The average Bonchev–Trinajstić information content (AvgIpc) is 3.36. The van der Waals surface area contributed by atoms with E-state index in [1.54, 1.807) is 12.1 Å². The summed E-state index contributed by atoms with van der Waals surface area (Å²) in [5.74, 6) is -1.64. The van der Waals surface area contributed by atoms with Gasteiger partial charge in [-0.2, -0.15) is 0 Å². The third-order valence-electron chi connectivity index (χ3n) is 6.59. The van der Waals surface area contributed by atoms with Crippen LogP contribution in [-0.4, -0.2) is 94.1 Å². The molecule has 0 aromatic heterocycles. The summed E-state index contributed by atoms with van der Waals surface area (Å²) in [6.45, 7) is 9.06. The van der Waals surface area contributed by atoms with Gasteiger partial charge >= 0.3 is 5.97 Å². The second kappa shape index (κ2) is 21.8. The van der Waals surface area contributed by atoms with Gasteiger partial charge in [-0.1, -0.05) is 40.2 Å². The van der Waals surface area contributed by atoms with Gasteiger partial charge in [0.15, 0.2) is 0 Å². The van der Waals surface area contributed by atoms with E-state index in [2.05, 4.69) is 10.6 Å². The zero-order chi connectivity index (χ0) is 34.6. The Morgan fingerprint density at radius 2 is 1.65 bits per heavy atom. The first kappa shape index (κ1) is 40.2. The van der Waals surface area contributed by atoms with Crippen LogP contribution < -0.4 is 15.4 Å². The van der Waals surface area contributed by atoms with Gasteiger partial charge in [-0.15, -0.1) is 0 Å². The number of aliphatic hydroxyl groups excluding tert-OH is 3. The highest BCUT2D eigenvalue weighted by Crippen LogP contribution is 2.31. The first-order valence-electron chi connectivity index (χ1n) is 15.7. The van der Waals surface area contributed by atoms with Gasteiger partial charge in [-0.05, 0) is 30.5 Å². The maximum atomic E-state index is 12.7. The SMILES string of the molecule is CC.CC.CC(=O)OCc1ccc(OC2CC(O)C(O)C(CO)O2)c(NC(=O)CCNC(=O)CCCCCN2C(=O)C=CC2=O)c1. The Morgan fingerprint density at radius 3 is 2.28 bits per heavy atom. The summed E-state index contributed by atoms with van der Waals surface area (Å²) >= 11 is 0. The summed E-state index contributed by atoms with van der Waals surface area (Å²) in [4.78, 5) is 60.3. The molecule has 2 aliphatic rings. The van der Waals surface area contributed by atoms with Gasteiger partial charge in [0.25, 0.3) is 11.8 Å². The van der Waals surface area contributed by atoms with Crippen molar-refractivity contribution in [3.63, 3.8) is 0 Å². The molecule has 0 aliphatic carbocycles. The minimum atomic E-state index is -1.28. The van der Waals surface area contributed by atoms with Gasteiger partial charge in [0.1, 0.15) is 24.6 Å². The molecule has 4 atom stereocenters. The van der Waals surface area contributed by atoms with E-state index in [0.717, 1.165) is 4.90 Å². The predicted molar refractivity (Wildman–Crippen MR) is 168 cm³/mol. The molecule has 2 heterocycles. The number of rotatable bonds is 15. The lowest BCUT2D eigenvalue weighted by Gasteiger charge is -2.36. The smallest absolute Gasteiger partial charge is 0.302 e. The summed E-state index contributed by atoms with van der Waals surface area (Å²) in [7, 11) is 0. The Bertz CT molecular complexity index is 1160. The van der Waals surface area contributed by atoms with Crippen LogP contribution in [-0.2, 0) is 40.1 Å². The van der Waals surface area contributed by atoms with Crippen molar-refractivity contribution in [1.82, 2.24) is 10.2 Å². The number of amides is 4. The maximum absolute atomic E-state index is 12.7. The number of hydrogen-bond acceptors (Lipinski definition) is 11. The molecule has 46 heavy (non-hydrogen) atoms. The van der Waals surface area contributed by atoms with Crippen LogP contribution in [0.3, 0.4) is 0 Å². The zero-order valence-corrected chi connectivity index (χ0v) is 27.3. The number of carbonyl (C=O) groups is 5. The Hall–Kier alpha value is -3.85. The topological polar surface area (TPSA) is 201 Å². The zero-order valence-electron chi connectivity index (χ0n) is 27.3. The molecule has 258 valence electrons. The number of hydrogen-bond donors (Lipinski definition) is 5. The van der Waals surface area contributed by atoms with Crippen molar-refractivity contribution < 1.29 is 53.5 Å². The first-order chi connectivity index (χ1) is 22.1. The lowest BCUT2D eigenvalue weighted by Crippen LogP contribution is -2.51. The Kier molecular flexibility index (Phi) is 19.0. The summed E-state index contributed by atoms with van der Waals surface area (Å²) < 4.78 is 16.4. The third kappa shape index (κ3) is 13.6. The molecule has 4 amide bonds. The van der Waals surface area contributed by atoms with E-state index in [4.69, 9.17) is 14.2 Å². The van der Waals surface area contributed by atoms with Crippen LogP contribution in [0.25, 0.3) is 0 Å². The van der Waals surface area contributed by atoms with Gasteiger partial charge in [0, 0.05) is 51.4 Å². The molecule has 1 fully saturated rings. The second-order valence-corrected chi connectivity index (χ2v) is 9.93. The largest absolute Gasteiger partial charge is 0.463 e. The number of anilines is 1. The highest BCUT2D eigenvalue weighted by atomic mass is 16.7. The van der Waals surface area contributed by atoms with Crippen LogP contribution in [0.5, 0.6) is 5.75 Å². The molecule has 0 bridgehead atoms. The Morgan fingerprint density at radius 1 is 0.978 bits per heavy atom. The van der Waals surface area contributed by atoms with Crippen LogP contribution in [0.15, 0.2) is 30.4 Å². The molecule has 2 aliphatic heterocycles. The fourth-order valence-corrected chi connectivity index (χ4v) is 4.34. The standard InChI is InChI=1S/C28H37N3O11.2C2H6/c1-17(33)40-16-18-6-7-21(41-27-14-20(34)28(39)22(15-32)42-27)19(13-18)30-24(36)10-11-29-23(35)5-3-2-4-12-31-25(37)8-9-26(31)38;2*1-2/h6-9,13,20,22,27-28,32,34,39H,2-5,10-12,14-16H2,1H3,(H,29,35)(H,30,36);2*1-2H3. The minimum Gasteiger partial charge on any atom is -0.463 e. The van der Waals surface area contributed by atoms with Crippen LogP contribution >= 0.6 is 0 Å². The number of benzene rings is 1. The number of carbonyl (C=O) groups excluding carboxylic acids is 5. The number of nitrogens with zero attached hydrogens (tertiary/aromatic N) is 1. The first-order valence-corrected chi connectivity index (χ1v) is 15.7. The van der Waals surface area contributed by atoms with Gasteiger partial charge < -0.3 is 40.2 Å². The number of ether oxygens (including phenoxy) is 3. The second-order valence-electron chi connectivity index (χ2n) is 9.93. The number of imide groups is 1. The van der Waals surface area contributed by atoms with E-state index in [1.165, 1.54) is 25.1 Å². The molecule has 1 saturated heterocycles.